The van der Waals surface area contributed by atoms with Gasteiger partial charge in [0, 0.05) is 49.0 Å². The smallest absolute Gasteiger partial charge is 0.272 e. The first kappa shape index (κ1) is 18.2. The molecular weight excluding hydrogens is 374 g/mol. The molecule has 0 fully saturated rings. The molecule has 0 saturated carbocycles. The number of amides is 1. The van der Waals surface area contributed by atoms with E-state index >= 15 is 0 Å². The monoisotopic (exact) mass is 395 g/mol. The van der Waals surface area contributed by atoms with Gasteiger partial charge in [0.25, 0.3) is 5.91 Å². The van der Waals surface area contributed by atoms with Crippen LogP contribution in [0.15, 0.2) is 48.2 Å². The summed E-state index contributed by atoms with van der Waals surface area (Å²) < 4.78 is 8.91. The molecule has 0 aliphatic heterocycles. The van der Waals surface area contributed by atoms with E-state index in [9.17, 15) is 4.79 Å². The minimum absolute atomic E-state index is 0.0211. The third-order valence-corrected chi connectivity index (χ3v) is 5.43. The van der Waals surface area contributed by atoms with Crippen molar-refractivity contribution >= 4 is 22.2 Å². The molecule has 8 heteroatoms. The maximum absolute atomic E-state index is 13.1. The molecule has 144 valence electrons. The molecule has 0 aliphatic carbocycles. The fourth-order valence-corrected chi connectivity index (χ4v) is 3.97. The minimum atomic E-state index is -0.0211. The average molecular weight is 395 g/mol. The lowest BCUT2D eigenvalue weighted by atomic mass is 10.1. The number of methoxy groups -OCH3 is 1. The Morgan fingerprint density at radius 1 is 1.32 bits per heavy atom. The first-order chi connectivity index (χ1) is 13.6. The predicted molar refractivity (Wildman–Crippen MR) is 109 cm³/mol. The molecule has 4 aromatic rings. The van der Waals surface area contributed by atoms with E-state index in [1.165, 1.54) is 11.3 Å². The van der Waals surface area contributed by atoms with Gasteiger partial charge in [0.15, 0.2) is 4.96 Å². The molecule has 4 rings (SSSR count). The molecule has 3 aromatic heterocycles. The van der Waals surface area contributed by atoms with E-state index in [2.05, 4.69) is 10.1 Å². The lowest BCUT2D eigenvalue weighted by Crippen LogP contribution is -2.31. The van der Waals surface area contributed by atoms with Crippen molar-refractivity contribution in [2.24, 2.45) is 7.05 Å². The molecule has 0 bridgehead atoms. The van der Waals surface area contributed by atoms with Gasteiger partial charge >= 0.3 is 0 Å². The average Bonchev–Trinajstić information content (AvgIpc) is 3.41. The van der Waals surface area contributed by atoms with E-state index in [0.717, 1.165) is 27.5 Å². The van der Waals surface area contributed by atoms with E-state index < -0.39 is 0 Å². The van der Waals surface area contributed by atoms with Crippen molar-refractivity contribution in [3.63, 3.8) is 0 Å². The highest BCUT2D eigenvalue weighted by molar-refractivity contribution is 7.15. The molecule has 7 nitrogen and oxygen atoms in total. The molecule has 0 N–H and O–H groups in total. The number of nitrogens with zero attached hydrogens (tertiary/aromatic N) is 5. The van der Waals surface area contributed by atoms with Crippen LogP contribution in [0.1, 0.15) is 23.0 Å². The second-order valence-electron chi connectivity index (χ2n) is 6.47. The zero-order valence-corrected chi connectivity index (χ0v) is 16.8. The van der Waals surface area contributed by atoms with Gasteiger partial charge in [0.1, 0.15) is 11.4 Å². The van der Waals surface area contributed by atoms with Crippen molar-refractivity contribution in [2.75, 3.05) is 13.7 Å². The number of hydrogen-bond acceptors (Lipinski definition) is 5. The number of ether oxygens (including phenoxy) is 1. The van der Waals surface area contributed by atoms with Crippen molar-refractivity contribution in [1.29, 1.82) is 0 Å². The fourth-order valence-electron chi connectivity index (χ4n) is 3.12. The van der Waals surface area contributed by atoms with Gasteiger partial charge in [-0.1, -0.05) is 12.1 Å². The van der Waals surface area contributed by atoms with Crippen LogP contribution in [0.4, 0.5) is 0 Å². The van der Waals surface area contributed by atoms with Crippen molar-refractivity contribution in [2.45, 2.75) is 13.5 Å². The largest absolute Gasteiger partial charge is 0.497 e. The number of thiazole rings is 1. The highest BCUT2D eigenvalue weighted by Gasteiger charge is 2.20. The van der Waals surface area contributed by atoms with Crippen LogP contribution in [0, 0.1) is 0 Å². The summed E-state index contributed by atoms with van der Waals surface area (Å²) in [4.78, 5) is 20.4. The number of imidazole rings is 1. The van der Waals surface area contributed by atoms with Gasteiger partial charge in [-0.25, -0.2) is 4.98 Å². The Labute approximate surface area is 166 Å². The molecule has 0 atom stereocenters. The van der Waals surface area contributed by atoms with Gasteiger partial charge in [-0.05, 0) is 19.1 Å². The summed E-state index contributed by atoms with van der Waals surface area (Å²) in [6.45, 7) is 3.12. The van der Waals surface area contributed by atoms with Gasteiger partial charge < -0.3 is 9.64 Å². The summed E-state index contributed by atoms with van der Waals surface area (Å²) in [6.07, 6.45) is 5.63. The molecular formula is C20H21N5O2S. The second kappa shape index (κ2) is 7.47. The van der Waals surface area contributed by atoms with E-state index in [0.29, 0.717) is 18.8 Å². The highest BCUT2D eigenvalue weighted by Crippen LogP contribution is 2.27. The van der Waals surface area contributed by atoms with Crippen LogP contribution in [-0.4, -0.2) is 43.6 Å². The molecule has 28 heavy (non-hydrogen) atoms. The van der Waals surface area contributed by atoms with Crippen molar-refractivity contribution in [3.8, 4) is 17.0 Å². The summed E-state index contributed by atoms with van der Waals surface area (Å²) >= 11 is 1.46. The summed E-state index contributed by atoms with van der Waals surface area (Å²) in [5, 5.41) is 6.05. The van der Waals surface area contributed by atoms with Crippen LogP contribution >= 0.6 is 11.3 Å². The van der Waals surface area contributed by atoms with Gasteiger partial charge in [0.05, 0.1) is 19.0 Å². The number of carbonyl (C=O) groups excluding carboxylic acids is 1. The lowest BCUT2D eigenvalue weighted by Gasteiger charge is -2.19. The molecule has 0 aliphatic rings. The van der Waals surface area contributed by atoms with Crippen LogP contribution in [0.2, 0.25) is 0 Å². The third kappa shape index (κ3) is 3.38. The lowest BCUT2D eigenvalue weighted by molar-refractivity contribution is 0.0746. The number of carbonyl (C=O) groups is 1. The molecule has 0 saturated heterocycles. The Bertz CT molecular complexity index is 1130. The van der Waals surface area contributed by atoms with Crippen molar-refractivity contribution in [1.82, 2.24) is 24.1 Å². The Morgan fingerprint density at radius 2 is 2.18 bits per heavy atom. The molecule has 1 amide bonds. The molecule has 3 heterocycles. The quantitative estimate of drug-likeness (QED) is 0.501. The summed E-state index contributed by atoms with van der Waals surface area (Å²) in [5.74, 6) is 0.756. The van der Waals surface area contributed by atoms with Gasteiger partial charge in [-0.15, -0.1) is 11.3 Å². The third-order valence-electron chi connectivity index (χ3n) is 4.59. The second-order valence-corrected chi connectivity index (χ2v) is 7.31. The van der Waals surface area contributed by atoms with Crippen molar-refractivity contribution in [3.05, 3.63) is 59.5 Å². The Balaban J connectivity index is 1.64. The van der Waals surface area contributed by atoms with E-state index in [-0.39, 0.29) is 5.91 Å². The maximum atomic E-state index is 13.1. The van der Waals surface area contributed by atoms with Gasteiger partial charge in [-0.3, -0.25) is 13.9 Å². The SMILES string of the molecule is CCN(Cc1cnn(C)c1)C(=O)c1csc2nc(-c3cccc(OC)c3)cn12. The fraction of sp³-hybridized carbons (Fsp3) is 0.250. The zero-order chi connectivity index (χ0) is 19.7. The Hall–Kier alpha value is -3.13. The Morgan fingerprint density at radius 3 is 2.89 bits per heavy atom. The first-order valence-corrected chi connectivity index (χ1v) is 9.85. The van der Waals surface area contributed by atoms with Crippen LogP contribution in [0.5, 0.6) is 5.75 Å². The number of aromatic nitrogens is 4. The molecule has 1 aromatic carbocycles. The molecule has 0 radical (unpaired) electrons. The van der Waals surface area contributed by atoms with Crippen LogP contribution in [0.3, 0.4) is 0 Å². The van der Waals surface area contributed by atoms with Crippen LogP contribution < -0.4 is 4.74 Å². The topological polar surface area (TPSA) is 64.7 Å². The number of hydrogen-bond donors (Lipinski definition) is 0. The first-order valence-electron chi connectivity index (χ1n) is 8.97. The number of benzene rings is 1. The van der Waals surface area contributed by atoms with Crippen molar-refractivity contribution < 1.29 is 9.53 Å². The molecule has 0 spiro atoms. The molecule has 0 unspecified atom stereocenters. The van der Waals surface area contributed by atoms with E-state index in [4.69, 9.17) is 4.74 Å². The van der Waals surface area contributed by atoms with E-state index in [1.54, 1.807) is 18.0 Å². The Kier molecular flexibility index (Phi) is 4.87. The maximum Gasteiger partial charge on any atom is 0.272 e. The summed E-state index contributed by atoms with van der Waals surface area (Å²) in [7, 11) is 3.51. The number of fused-ring (bicyclic) bond motifs is 1. The standard InChI is InChI=1S/C20H21N5O2S/c1-4-24(11-14-9-21-23(2)10-14)19(26)18-13-28-20-22-17(12-25(18)20)15-6-5-7-16(8-15)27-3/h5-10,12-13H,4,11H2,1-3H3. The van der Waals surface area contributed by atoms with Gasteiger partial charge in [0.2, 0.25) is 0 Å². The summed E-state index contributed by atoms with van der Waals surface area (Å²) in [5.41, 5.74) is 3.39. The highest BCUT2D eigenvalue weighted by atomic mass is 32.1. The normalized spacial score (nSPS) is 11.1. The van der Waals surface area contributed by atoms with Crippen LogP contribution in [-0.2, 0) is 13.6 Å². The number of rotatable bonds is 6. The zero-order valence-electron chi connectivity index (χ0n) is 16.0. The number of aryl methyl sites for hydroxylation is 1. The summed E-state index contributed by atoms with van der Waals surface area (Å²) in [6, 6.07) is 7.75. The van der Waals surface area contributed by atoms with E-state index in [1.807, 2.05) is 65.3 Å². The van der Waals surface area contributed by atoms with Gasteiger partial charge in [-0.2, -0.15) is 5.10 Å². The predicted octanol–water partition coefficient (Wildman–Crippen LogP) is 3.47. The minimum Gasteiger partial charge on any atom is -0.497 e. The van der Waals surface area contributed by atoms with Crippen LogP contribution in [0.25, 0.3) is 16.2 Å².